The third-order valence-corrected chi connectivity index (χ3v) is 3.54. The SMILES string of the molecule is COc1ccc(Br)cc1C(O)CC(C)CC(C)C. The molecule has 0 saturated heterocycles. The van der Waals surface area contributed by atoms with Gasteiger partial charge < -0.3 is 9.84 Å². The molecule has 0 aromatic heterocycles. The molecule has 1 rings (SSSR count). The van der Waals surface area contributed by atoms with Gasteiger partial charge in [-0.15, -0.1) is 0 Å². The molecule has 2 unspecified atom stereocenters. The number of aliphatic hydroxyl groups excluding tert-OH is 1. The van der Waals surface area contributed by atoms with E-state index >= 15 is 0 Å². The van der Waals surface area contributed by atoms with E-state index in [0.717, 1.165) is 28.6 Å². The molecule has 0 fully saturated rings. The van der Waals surface area contributed by atoms with Crippen LogP contribution in [0.1, 0.15) is 45.3 Å². The number of hydrogen-bond acceptors (Lipinski definition) is 2. The smallest absolute Gasteiger partial charge is 0.124 e. The molecule has 2 atom stereocenters. The van der Waals surface area contributed by atoms with Gasteiger partial charge in [0.25, 0.3) is 0 Å². The first-order valence-electron chi connectivity index (χ1n) is 6.45. The topological polar surface area (TPSA) is 29.5 Å². The number of methoxy groups -OCH3 is 1. The van der Waals surface area contributed by atoms with E-state index in [-0.39, 0.29) is 0 Å². The van der Waals surface area contributed by atoms with Crippen molar-refractivity contribution in [2.24, 2.45) is 11.8 Å². The number of ether oxygens (including phenoxy) is 1. The fourth-order valence-electron chi connectivity index (χ4n) is 2.37. The van der Waals surface area contributed by atoms with Gasteiger partial charge in [-0.1, -0.05) is 36.7 Å². The second-order valence-electron chi connectivity index (χ2n) is 5.37. The number of hydrogen-bond donors (Lipinski definition) is 1. The van der Waals surface area contributed by atoms with Gasteiger partial charge in [0.05, 0.1) is 13.2 Å². The highest BCUT2D eigenvalue weighted by Crippen LogP contribution is 2.33. The molecule has 0 saturated carbocycles. The van der Waals surface area contributed by atoms with Gasteiger partial charge in [-0.3, -0.25) is 0 Å². The molecule has 0 radical (unpaired) electrons. The minimum Gasteiger partial charge on any atom is -0.496 e. The molecular weight excluding hydrogens is 292 g/mol. The Morgan fingerprint density at radius 1 is 1.22 bits per heavy atom. The first-order chi connectivity index (χ1) is 8.43. The van der Waals surface area contributed by atoms with Crippen molar-refractivity contribution in [3.8, 4) is 5.75 Å². The van der Waals surface area contributed by atoms with Crippen molar-refractivity contribution < 1.29 is 9.84 Å². The monoisotopic (exact) mass is 314 g/mol. The van der Waals surface area contributed by atoms with E-state index in [0.29, 0.717) is 11.8 Å². The van der Waals surface area contributed by atoms with E-state index in [4.69, 9.17) is 4.74 Å². The van der Waals surface area contributed by atoms with Gasteiger partial charge in [0.1, 0.15) is 5.75 Å². The van der Waals surface area contributed by atoms with Crippen LogP contribution in [0.4, 0.5) is 0 Å². The molecule has 0 aliphatic heterocycles. The summed E-state index contributed by atoms with van der Waals surface area (Å²) in [5, 5.41) is 10.3. The Labute approximate surface area is 118 Å². The van der Waals surface area contributed by atoms with Crippen molar-refractivity contribution in [1.82, 2.24) is 0 Å². The average molecular weight is 315 g/mol. The molecule has 102 valence electrons. The van der Waals surface area contributed by atoms with Gasteiger partial charge in [0.2, 0.25) is 0 Å². The molecule has 0 spiro atoms. The van der Waals surface area contributed by atoms with Crippen LogP contribution in [-0.4, -0.2) is 12.2 Å². The Hall–Kier alpha value is -0.540. The number of benzene rings is 1. The third kappa shape index (κ3) is 4.62. The first-order valence-corrected chi connectivity index (χ1v) is 7.24. The minimum absolute atomic E-state index is 0.466. The van der Waals surface area contributed by atoms with E-state index in [1.54, 1.807) is 7.11 Å². The Morgan fingerprint density at radius 2 is 1.89 bits per heavy atom. The molecular formula is C15H23BrO2. The van der Waals surface area contributed by atoms with E-state index in [2.05, 4.69) is 36.7 Å². The predicted molar refractivity (Wildman–Crippen MR) is 78.9 cm³/mol. The highest BCUT2D eigenvalue weighted by molar-refractivity contribution is 9.10. The summed E-state index contributed by atoms with van der Waals surface area (Å²) in [7, 11) is 1.64. The average Bonchev–Trinajstić information content (AvgIpc) is 2.27. The van der Waals surface area contributed by atoms with Gasteiger partial charge in [-0.05, 0) is 42.9 Å². The largest absolute Gasteiger partial charge is 0.496 e. The van der Waals surface area contributed by atoms with Crippen LogP contribution in [0.15, 0.2) is 22.7 Å². The van der Waals surface area contributed by atoms with E-state index in [9.17, 15) is 5.11 Å². The second kappa shape index (κ2) is 7.15. The van der Waals surface area contributed by atoms with Crippen LogP contribution in [0.5, 0.6) is 5.75 Å². The van der Waals surface area contributed by atoms with Crippen molar-refractivity contribution in [3.63, 3.8) is 0 Å². The Balaban J connectivity index is 2.76. The number of rotatable bonds is 6. The van der Waals surface area contributed by atoms with Crippen molar-refractivity contribution in [2.75, 3.05) is 7.11 Å². The lowest BCUT2D eigenvalue weighted by atomic mass is 9.91. The standard InChI is InChI=1S/C15H23BrO2/c1-10(2)7-11(3)8-14(17)13-9-12(16)5-6-15(13)18-4/h5-6,9-11,14,17H,7-8H2,1-4H3. The lowest BCUT2D eigenvalue weighted by molar-refractivity contribution is 0.138. The summed E-state index contributed by atoms with van der Waals surface area (Å²) in [6, 6.07) is 5.74. The number of halogens is 1. The summed E-state index contributed by atoms with van der Waals surface area (Å²) < 4.78 is 6.27. The van der Waals surface area contributed by atoms with Crippen LogP contribution in [0.2, 0.25) is 0 Å². The van der Waals surface area contributed by atoms with Crippen molar-refractivity contribution in [1.29, 1.82) is 0 Å². The maximum Gasteiger partial charge on any atom is 0.124 e. The molecule has 18 heavy (non-hydrogen) atoms. The van der Waals surface area contributed by atoms with Gasteiger partial charge in [-0.2, -0.15) is 0 Å². The normalized spacial score (nSPS) is 14.6. The van der Waals surface area contributed by atoms with Crippen molar-refractivity contribution in [2.45, 2.75) is 39.7 Å². The summed E-state index contributed by atoms with van der Waals surface area (Å²) in [5.41, 5.74) is 0.863. The molecule has 0 aliphatic rings. The lowest BCUT2D eigenvalue weighted by Gasteiger charge is -2.20. The zero-order chi connectivity index (χ0) is 13.7. The summed E-state index contributed by atoms with van der Waals surface area (Å²) in [5.74, 6) is 1.92. The first kappa shape index (κ1) is 15.5. The molecule has 0 heterocycles. The van der Waals surface area contributed by atoms with Crippen molar-refractivity contribution >= 4 is 15.9 Å². The maximum absolute atomic E-state index is 10.3. The fraction of sp³-hybridized carbons (Fsp3) is 0.600. The highest BCUT2D eigenvalue weighted by atomic mass is 79.9. The highest BCUT2D eigenvalue weighted by Gasteiger charge is 2.17. The molecule has 2 nitrogen and oxygen atoms in total. The van der Waals surface area contributed by atoms with Crippen LogP contribution >= 0.6 is 15.9 Å². The molecule has 1 aromatic carbocycles. The summed E-state index contributed by atoms with van der Waals surface area (Å²) in [4.78, 5) is 0. The predicted octanol–water partition coefficient (Wildman–Crippen LogP) is 4.56. The lowest BCUT2D eigenvalue weighted by Crippen LogP contribution is -2.08. The van der Waals surface area contributed by atoms with Crippen LogP contribution in [0.3, 0.4) is 0 Å². The molecule has 0 bridgehead atoms. The van der Waals surface area contributed by atoms with Gasteiger partial charge in [0, 0.05) is 10.0 Å². The summed E-state index contributed by atoms with van der Waals surface area (Å²) >= 11 is 3.43. The van der Waals surface area contributed by atoms with Crippen LogP contribution in [0.25, 0.3) is 0 Å². The Kier molecular flexibility index (Phi) is 6.16. The van der Waals surface area contributed by atoms with E-state index < -0.39 is 6.10 Å². The molecule has 0 amide bonds. The Morgan fingerprint density at radius 3 is 2.44 bits per heavy atom. The maximum atomic E-state index is 10.3. The summed E-state index contributed by atoms with van der Waals surface area (Å²) in [6.45, 7) is 6.61. The van der Waals surface area contributed by atoms with Gasteiger partial charge in [-0.25, -0.2) is 0 Å². The Bertz CT molecular complexity index is 377. The van der Waals surface area contributed by atoms with Crippen LogP contribution in [0, 0.1) is 11.8 Å². The second-order valence-corrected chi connectivity index (χ2v) is 6.29. The molecule has 1 N–H and O–H groups in total. The fourth-order valence-corrected chi connectivity index (χ4v) is 2.75. The quantitative estimate of drug-likeness (QED) is 0.833. The van der Waals surface area contributed by atoms with Crippen LogP contribution < -0.4 is 4.74 Å². The third-order valence-electron chi connectivity index (χ3n) is 3.05. The zero-order valence-electron chi connectivity index (χ0n) is 11.6. The summed E-state index contributed by atoms with van der Waals surface area (Å²) in [6.07, 6.45) is 1.43. The van der Waals surface area contributed by atoms with E-state index in [1.165, 1.54) is 0 Å². The van der Waals surface area contributed by atoms with Gasteiger partial charge >= 0.3 is 0 Å². The van der Waals surface area contributed by atoms with Crippen LogP contribution in [-0.2, 0) is 0 Å². The minimum atomic E-state index is -0.466. The zero-order valence-corrected chi connectivity index (χ0v) is 13.2. The number of aliphatic hydroxyl groups is 1. The molecule has 1 aromatic rings. The molecule has 3 heteroatoms. The van der Waals surface area contributed by atoms with E-state index in [1.807, 2.05) is 18.2 Å². The molecule has 0 aliphatic carbocycles. The van der Waals surface area contributed by atoms with Gasteiger partial charge in [0.15, 0.2) is 0 Å². The van der Waals surface area contributed by atoms with Crippen molar-refractivity contribution in [3.05, 3.63) is 28.2 Å².